The zero-order valence-corrected chi connectivity index (χ0v) is 11.9. The van der Waals surface area contributed by atoms with Crippen molar-refractivity contribution >= 4 is 6.98 Å². The Morgan fingerprint density at radius 1 is 1.43 bits per heavy atom. The molecule has 0 fully saturated rings. The monoisotopic (exact) mass is 232 g/mol. The minimum atomic E-state index is -4.77. The maximum Gasteiger partial charge on any atom is 1.00 e. The van der Waals surface area contributed by atoms with Crippen LogP contribution < -0.4 is 51.4 Å². The minimum absolute atomic E-state index is 0. The van der Waals surface area contributed by atoms with Crippen molar-refractivity contribution in [2.24, 2.45) is 5.92 Å². The van der Waals surface area contributed by atoms with E-state index in [2.05, 4.69) is 0 Å². The largest absolute Gasteiger partial charge is 1.00 e. The average molecular weight is 232 g/mol. The van der Waals surface area contributed by atoms with Gasteiger partial charge in [-0.15, -0.1) is 0 Å². The Bertz CT molecular complexity index is 192. The van der Waals surface area contributed by atoms with Gasteiger partial charge in [-0.2, -0.15) is 5.26 Å². The van der Waals surface area contributed by atoms with E-state index in [9.17, 15) is 12.9 Å². The average Bonchev–Trinajstić information content (AvgIpc) is 2.00. The van der Waals surface area contributed by atoms with Gasteiger partial charge in [-0.1, -0.05) is 6.92 Å². The second-order valence-corrected chi connectivity index (χ2v) is 3.09. The molecule has 7 heteroatoms. The molecular formula is C7H13BF3KN2. The van der Waals surface area contributed by atoms with E-state index in [1.807, 2.05) is 6.07 Å². The minimum Gasteiger partial charge on any atom is -0.448 e. The van der Waals surface area contributed by atoms with Crippen LogP contribution in [0.1, 0.15) is 13.8 Å². The number of nitriles is 1. The van der Waals surface area contributed by atoms with E-state index in [0.29, 0.717) is 6.54 Å². The molecule has 0 aliphatic heterocycles. The molecule has 0 spiro atoms. The molecule has 0 rings (SSSR count). The molecule has 0 aliphatic rings. The second kappa shape index (κ2) is 8.14. The van der Waals surface area contributed by atoms with Gasteiger partial charge >= 0.3 is 58.4 Å². The van der Waals surface area contributed by atoms with Gasteiger partial charge in [0.1, 0.15) is 0 Å². The number of hydrogen-bond donors (Lipinski definition) is 0. The Kier molecular flexibility index (Phi) is 10.1. The van der Waals surface area contributed by atoms with Crippen molar-refractivity contribution in [1.82, 2.24) is 4.90 Å². The SMILES string of the molecule is CCN(CC(C)C#N)C[B-](F)(F)F.[K+]. The molecule has 0 radical (unpaired) electrons. The van der Waals surface area contributed by atoms with Crippen LogP contribution in [0.4, 0.5) is 12.9 Å². The number of halogens is 3. The maximum absolute atomic E-state index is 12.0. The topological polar surface area (TPSA) is 27.0 Å². The molecule has 1 atom stereocenters. The summed E-state index contributed by atoms with van der Waals surface area (Å²) in [6, 6.07) is 1.91. The van der Waals surface area contributed by atoms with E-state index in [-0.39, 0.29) is 63.8 Å². The van der Waals surface area contributed by atoms with Crippen molar-refractivity contribution in [2.45, 2.75) is 13.8 Å². The molecule has 0 N–H and O–H groups in total. The Labute approximate surface area is 125 Å². The third kappa shape index (κ3) is 9.49. The number of nitrogens with zero attached hydrogens (tertiary/aromatic N) is 2. The van der Waals surface area contributed by atoms with E-state index in [1.165, 1.54) is 4.90 Å². The first-order valence-corrected chi connectivity index (χ1v) is 4.22. The van der Waals surface area contributed by atoms with E-state index >= 15 is 0 Å². The van der Waals surface area contributed by atoms with Crippen LogP contribution >= 0.6 is 0 Å². The van der Waals surface area contributed by atoms with E-state index < -0.39 is 13.4 Å². The van der Waals surface area contributed by atoms with Gasteiger partial charge in [0.25, 0.3) is 0 Å². The van der Waals surface area contributed by atoms with Crippen molar-refractivity contribution in [1.29, 1.82) is 5.26 Å². The predicted molar refractivity (Wildman–Crippen MR) is 46.0 cm³/mol. The zero-order chi connectivity index (χ0) is 10.5. The van der Waals surface area contributed by atoms with Gasteiger partial charge in [0.2, 0.25) is 0 Å². The van der Waals surface area contributed by atoms with Gasteiger partial charge < -0.3 is 17.8 Å². The van der Waals surface area contributed by atoms with Gasteiger partial charge in [-0.25, -0.2) is 0 Å². The summed E-state index contributed by atoms with van der Waals surface area (Å²) in [5, 5.41) is 8.42. The van der Waals surface area contributed by atoms with Crippen LogP contribution in [0.15, 0.2) is 0 Å². The third-order valence-corrected chi connectivity index (χ3v) is 1.66. The van der Waals surface area contributed by atoms with Crippen LogP contribution in [0.3, 0.4) is 0 Å². The fourth-order valence-electron chi connectivity index (χ4n) is 1.05. The van der Waals surface area contributed by atoms with Gasteiger partial charge in [-0.05, 0) is 19.9 Å². The molecule has 2 nitrogen and oxygen atoms in total. The fraction of sp³-hybridized carbons (Fsp3) is 0.857. The Morgan fingerprint density at radius 3 is 2.21 bits per heavy atom. The first-order valence-electron chi connectivity index (χ1n) is 4.22. The molecule has 0 aromatic rings. The summed E-state index contributed by atoms with van der Waals surface area (Å²) in [5.41, 5.74) is 0. The molecule has 0 heterocycles. The van der Waals surface area contributed by atoms with Crippen molar-refractivity contribution in [2.75, 3.05) is 19.5 Å². The van der Waals surface area contributed by atoms with Crippen LogP contribution in [0.5, 0.6) is 0 Å². The predicted octanol–water partition coefficient (Wildman–Crippen LogP) is -1.14. The quantitative estimate of drug-likeness (QED) is 0.560. The summed E-state index contributed by atoms with van der Waals surface area (Å²) in [6.45, 7) is -0.982. The molecule has 0 amide bonds. The van der Waals surface area contributed by atoms with Crippen molar-refractivity contribution in [3.8, 4) is 6.07 Å². The van der Waals surface area contributed by atoms with E-state index in [0.717, 1.165) is 0 Å². The molecule has 0 bridgehead atoms. The summed E-state index contributed by atoms with van der Waals surface area (Å²) in [4.78, 5) is 1.24. The van der Waals surface area contributed by atoms with Gasteiger partial charge in [0, 0.05) is 6.54 Å². The van der Waals surface area contributed by atoms with Gasteiger partial charge in [0.15, 0.2) is 0 Å². The molecule has 14 heavy (non-hydrogen) atoms. The molecule has 0 saturated carbocycles. The van der Waals surface area contributed by atoms with Crippen LogP contribution in [0.2, 0.25) is 0 Å². The summed E-state index contributed by atoms with van der Waals surface area (Å²) in [5.74, 6) is -0.349. The smallest absolute Gasteiger partial charge is 0.448 e. The first-order chi connectivity index (χ1) is 5.89. The Balaban J connectivity index is 0. The molecule has 0 aromatic heterocycles. The van der Waals surface area contributed by atoms with Gasteiger partial charge in [-0.3, -0.25) is 0 Å². The molecule has 76 valence electrons. The van der Waals surface area contributed by atoms with Crippen LogP contribution in [-0.2, 0) is 0 Å². The number of hydrogen-bond acceptors (Lipinski definition) is 2. The van der Waals surface area contributed by atoms with Crippen LogP contribution in [0.25, 0.3) is 0 Å². The fourth-order valence-corrected chi connectivity index (χ4v) is 1.05. The Hall–Kier alpha value is 0.941. The summed E-state index contributed by atoms with van der Waals surface area (Å²) < 4.78 is 36.0. The molecular weight excluding hydrogens is 219 g/mol. The third-order valence-electron chi connectivity index (χ3n) is 1.66. The van der Waals surface area contributed by atoms with Gasteiger partial charge in [0.05, 0.1) is 12.0 Å². The van der Waals surface area contributed by atoms with Crippen molar-refractivity contribution < 1.29 is 64.3 Å². The molecule has 1 unspecified atom stereocenters. The zero-order valence-electron chi connectivity index (χ0n) is 8.80. The Morgan fingerprint density at radius 2 is 1.93 bits per heavy atom. The normalized spacial score (nSPS) is 13.2. The maximum atomic E-state index is 12.0. The van der Waals surface area contributed by atoms with E-state index in [4.69, 9.17) is 5.26 Å². The summed E-state index contributed by atoms with van der Waals surface area (Å²) in [7, 11) is 0. The summed E-state index contributed by atoms with van der Waals surface area (Å²) in [6.07, 6.45) is -0.872. The first kappa shape index (κ1) is 17.3. The molecule has 0 aromatic carbocycles. The van der Waals surface area contributed by atoms with E-state index in [1.54, 1.807) is 13.8 Å². The summed E-state index contributed by atoms with van der Waals surface area (Å²) >= 11 is 0. The second-order valence-electron chi connectivity index (χ2n) is 3.09. The number of rotatable bonds is 5. The standard InChI is InChI=1S/C7H13BF3N2.K/c1-3-13(5-7(2)4-12)6-8(9,10)11;/h7H,3,5-6H2,1-2H3;/q-1;+1. The van der Waals surface area contributed by atoms with Crippen LogP contribution in [0, 0.1) is 17.2 Å². The van der Waals surface area contributed by atoms with Crippen molar-refractivity contribution in [3.05, 3.63) is 0 Å². The molecule has 0 saturated heterocycles. The van der Waals surface area contributed by atoms with Crippen molar-refractivity contribution in [3.63, 3.8) is 0 Å². The molecule has 0 aliphatic carbocycles. The van der Waals surface area contributed by atoms with Crippen LogP contribution in [-0.4, -0.2) is 31.4 Å².